The quantitative estimate of drug-likeness (QED) is 0.657. The summed E-state index contributed by atoms with van der Waals surface area (Å²) >= 11 is 0. The molecule has 0 heterocycles. The van der Waals surface area contributed by atoms with E-state index in [1.54, 1.807) is 0 Å². The van der Waals surface area contributed by atoms with Gasteiger partial charge < -0.3 is 10.6 Å². The third kappa shape index (κ3) is 7.24. The van der Waals surface area contributed by atoms with Gasteiger partial charge in [0.05, 0.1) is 0 Å². The summed E-state index contributed by atoms with van der Waals surface area (Å²) in [7, 11) is 0. The van der Waals surface area contributed by atoms with Gasteiger partial charge >= 0.3 is 0 Å². The van der Waals surface area contributed by atoms with Gasteiger partial charge in [-0.3, -0.25) is 0 Å². The lowest BCUT2D eigenvalue weighted by Gasteiger charge is -2.28. The molecule has 0 aromatic carbocycles. The highest BCUT2D eigenvalue weighted by Gasteiger charge is 2.13. The molecule has 0 saturated carbocycles. The van der Waals surface area contributed by atoms with Gasteiger partial charge in [0.2, 0.25) is 0 Å². The van der Waals surface area contributed by atoms with Crippen molar-refractivity contribution in [2.24, 2.45) is 17.6 Å². The van der Waals surface area contributed by atoms with Crippen molar-refractivity contribution in [3.05, 3.63) is 0 Å². The van der Waals surface area contributed by atoms with Crippen LogP contribution in [-0.2, 0) is 0 Å². The number of rotatable bonds is 9. The first kappa shape index (κ1) is 15.9. The van der Waals surface area contributed by atoms with Gasteiger partial charge in [0, 0.05) is 19.1 Å². The Morgan fingerprint density at radius 3 is 1.94 bits per heavy atom. The van der Waals surface area contributed by atoms with E-state index in [2.05, 4.69) is 39.5 Å². The van der Waals surface area contributed by atoms with E-state index in [0.717, 1.165) is 25.4 Å². The van der Waals surface area contributed by atoms with Crippen LogP contribution in [0.15, 0.2) is 0 Å². The SMILES string of the molecule is CCC(CC)CN(CC)CC(N)CC(C)C. The Bertz CT molecular complexity index is 153. The molecule has 1 atom stereocenters. The van der Waals surface area contributed by atoms with Crippen molar-refractivity contribution in [1.82, 2.24) is 4.90 Å². The van der Waals surface area contributed by atoms with Crippen molar-refractivity contribution in [1.29, 1.82) is 0 Å². The van der Waals surface area contributed by atoms with Crippen LogP contribution in [0, 0.1) is 11.8 Å². The molecular formula is C14H32N2. The van der Waals surface area contributed by atoms with E-state index in [4.69, 9.17) is 5.73 Å². The van der Waals surface area contributed by atoms with E-state index in [1.807, 2.05) is 0 Å². The molecule has 0 aromatic heterocycles. The predicted octanol–water partition coefficient (Wildman–Crippen LogP) is 3.12. The van der Waals surface area contributed by atoms with Gasteiger partial charge in [-0.05, 0) is 24.8 Å². The minimum Gasteiger partial charge on any atom is -0.327 e. The van der Waals surface area contributed by atoms with Crippen LogP contribution in [0.4, 0.5) is 0 Å². The largest absolute Gasteiger partial charge is 0.327 e. The first-order valence-electron chi connectivity index (χ1n) is 7.01. The van der Waals surface area contributed by atoms with Crippen molar-refractivity contribution in [2.75, 3.05) is 19.6 Å². The van der Waals surface area contributed by atoms with Crippen LogP contribution in [0.2, 0.25) is 0 Å². The number of hydrogen-bond acceptors (Lipinski definition) is 2. The molecule has 1 unspecified atom stereocenters. The summed E-state index contributed by atoms with van der Waals surface area (Å²) in [5.74, 6) is 1.55. The standard InChI is InChI=1S/C14H32N2/c1-6-13(7-2)10-16(8-3)11-14(15)9-12(4)5/h12-14H,6-11,15H2,1-5H3. The van der Waals surface area contributed by atoms with E-state index in [0.29, 0.717) is 12.0 Å². The van der Waals surface area contributed by atoms with E-state index in [9.17, 15) is 0 Å². The minimum absolute atomic E-state index is 0.342. The molecule has 2 N–H and O–H groups in total. The first-order chi connectivity index (χ1) is 7.53. The summed E-state index contributed by atoms with van der Waals surface area (Å²) in [4.78, 5) is 2.52. The Balaban J connectivity index is 3.98. The molecule has 0 aliphatic carbocycles. The van der Waals surface area contributed by atoms with Crippen LogP contribution in [-0.4, -0.2) is 30.6 Å². The van der Waals surface area contributed by atoms with Crippen molar-refractivity contribution in [2.45, 2.75) is 59.9 Å². The lowest BCUT2D eigenvalue weighted by Crippen LogP contribution is -2.40. The maximum absolute atomic E-state index is 6.17. The normalized spacial score (nSPS) is 14.1. The molecule has 0 aromatic rings. The highest BCUT2D eigenvalue weighted by Crippen LogP contribution is 2.11. The molecule has 0 aliphatic rings. The average molecular weight is 228 g/mol. The van der Waals surface area contributed by atoms with Gasteiger partial charge in [0.25, 0.3) is 0 Å². The van der Waals surface area contributed by atoms with Gasteiger partial charge in [-0.15, -0.1) is 0 Å². The van der Waals surface area contributed by atoms with Crippen LogP contribution < -0.4 is 5.73 Å². The minimum atomic E-state index is 0.342. The zero-order chi connectivity index (χ0) is 12.6. The molecule has 16 heavy (non-hydrogen) atoms. The summed E-state index contributed by atoms with van der Waals surface area (Å²) in [6.07, 6.45) is 3.71. The average Bonchev–Trinajstić information content (AvgIpc) is 2.22. The second-order valence-corrected chi connectivity index (χ2v) is 5.42. The van der Waals surface area contributed by atoms with Gasteiger partial charge in [-0.25, -0.2) is 0 Å². The molecule has 0 bridgehead atoms. The van der Waals surface area contributed by atoms with E-state index >= 15 is 0 Å². The van der Waals surface area contributed by atoms with Gasteiger partial charge in [0.15, 0.2) is 0 Å². The van der Waals surface area contributed by atoms with Crippen LogP contribution in [0.25, 0.3) is 0 Å². The molecule has 2 nitrogen and oxygen atoms in total. The topological polar surface area (TPSA) is 29.3 Å². The molecule has 2 heteroatoms. The Labute approximate surface area is 103 Å². The maximum Gasteiger partial charge on any atom is 0.0170 e. The Morgan fingerprint density at radius 2 is 1.56 bits per heavy atom. The monoisotopic (exact) mass is 228 g/mol. The van der Waals surface area contributed by atoms with E-state index in [-0.39, 0.29) is 0 Å². The highest BCUT2D eigenvalue weighted by molar-refractivity contribution is 4.71. The molecular weight excluding hydrogens is 196 g/mol. The van der Waals surface area contributed by atoms with Crippen molar-refractivity contribution >= 4 is 0 Å². The van der Waals surface area contributed by atoms with Crippen LogP contribution >= 0.6 is 0 Å². The first-order valence-corrected chi connectivity index (χ1v) is 7.01. The molecule has 0 aliphatic heterocycles. The molecule has 0 saturated heterocycles. The number of likely N-dealkylation sites (N-methyl/N-ethyl adjacent to an activating group) is 1. The molecule has 0 fully saturated rings. The Hall–Kier alpha value is -0.0800. The fourth-order valence-corrected chi connectivity index (χ4v) is 2.26. The van der Waals surface area contributed by atoms with Crippen LogP contribution in [0.1, 0.15) is 53.9 Å². The lowest BCUT2D eigenvalue weighted by atomic mass is 10.0. The predicted molar refractivity (Wildman–Crippen MR) is 73.6 cm³/mol. The molecule has 0 radical (unpaired) electrons. The zero-order valence-corrected chi connectivity index (χ0v) is 12.0. The Morgan fingerprint density at radius 1 is 1.00 bits per heavy atom. The maximum atomic E-state index is 6.17. The highest BCUT2D eigenvalue weighted by atomic mass is 15.1. The van der Waals surface area contributed by atoms with Crippen LogP contribution in [0.5, 0.6) is 0 Å². The van der Waals surface area contributed by atoms with Gasteiger partial charge in [0.1, 0.15) is 0 Å². The fraction of sp³-hybridized carbons (Fsp3) is 1.00. The van der Waals surface area contributed by atoms with Crippen LogP contribution in [0.3, 0.4) is 0 Å². The zero-order valence-electron chi connectivity index (χ0n) is 12.0. The molecule has 0 spiro atoms. The van der Waals surface area contributed by atoms with Crippen molar-refractivity contribution in [3.8, 4) is 0 Å². The lowest BCUT2D eigenvalue weighted by molar-refractivity contribution is 0.214. The number of nitrogens with zero attached hydrogens (tertiary/aromatic N) is 1. The second-order valence-electron chi connectivity index (χ2n) is 5.42. The van der Waals surface area contributed by atoms with Gasteiger partial charge in [-0.2, -0.15) is 0 Å². The Kier molecular flexibility index (Phi) is 8.96. The smallest absolute Gasteiger partial charge is 0.0170 e. The summed E-state index contributed by atoms with van der Waals surface area (Å²) in [6.45, 7) is 14.7. The van der Waals surface area contributed by atoms with E-state index < -0.39 is 0 Å². The van der Waals surface area contributed by atoms with Crippen molar-refractivity contribution < 1.29 is 0 Å². The number of nitrogens with two attached hydrogens (primary N) is 1. The fourth-order valence-electron chi connectivity index (χ4n) is 2.26. The molecule has 98 valence electrons. The van der Waals surface area contributed by atoms with Crippen molar-refractivity contribution in [3.63, 3.8) is 0 Å². The van der Waals surface area contributed by atoms with Gasteiger partial charge in [-0.1, -0.05) is 47.5 Å². The van der Waals surface area contributed by atoms with E-state index in [1.165, 1.54) is 19.4 Å². The summed E-state index contributed by atoms with van der Waals surface area (Å²) in [6, 6.07) is 0.342. The second kappa shape index (κ2) is 9.00. The summed E-state index contributed by atoms with van der Waals surface area (Å²) in [5, 5.41) is 0. The summed E-state index contributed by atoms with van der Waals surface area (Å²) < 4.78 is 0. The third-order valence-electron chi connectivity index (χ3n) is 3.39. The molecule has 0 amide bonds. The molecule has 0 rings (SSSR count). The third-order valence-corrected chi connectivity index (χ3v) is 3.39. The summed E-state index contributed by atoms with van der Waals surface area (Å²) in [5.41, 5.74) is 6.17. The number of hydrogen-bond donors (Lipinski definition) is 1.